The SMILES string of the molecule is C=CCc1cc(/C=C2\C(=O)NC(=O)N(c3ccc(Br)c(C)c3)C2=O)cc(OCC)c1OCc1ccc(C)cc1. The Morgan fingerprint density at radius 3 is 2.41 bits per heavy atom. The molecule has 1 heterocycles. The molecule has 1 N–H and O–H groups in total. The molecule has 0 unspecified atom stereocenters. The Bertz CT molecular complexity index is 1480. The van der Waals surface area contributed by atoms with E-state index in [0.29, 0.717) is 42.4 Å². The van der Waals surface area contributed by atoms with Crippen LogP contribution in [0.1, 0.15) is 34.7 Å². The zero-order chi connectivity index (χ0) is 28.1. The molecule has 8 heteroatoms. The Balaban J connectivity index is 1.72. The highest BCUT2D eigenvalue weighted by atomic mass is 79.9. The van der Waals surface area contributed by atoms with Crippen LogP contribution < -0.4 is 19.7 Å². The Hall–Kier alpha value is -4.17. The molecule has 39 heavy (non-hydrogen) atoms. The molecule has 4 amide bonds. The standard InChI is InChI=1S/C31H29BrN2O5/c1-5-7-23-15-22(17-27(38-6-2)28(23)39-18-21-10-8-19(3)9-11-21)16-25-29(35)33-31(37)34(30(25)36)24-12-13-26(32)20(4)14-24/h5,8-17H,1,6-7,18H2,2-4H3,(H,33,35,37)/b25-16+. The van der Waals surface area contributed by atoms with E-state index in [9.17, 15) is 14.4 Å². The van der Waals surface area contributed by atoms with Crippen LogP contribution in [-0.4, -0.2) is 24.5 Å². The van der Waals surface area contributed by atoms with Crippen molar-refractivity contribution in [1.29, 1.82) is 0 Å². The number of nitrogens with zero attached hydrogens (tertiary/aromatic N) is 1. The first-order chi connectivity index (χ1) is 18.7. The van der Waals surface area contributed by atoms with E-state index >= 15 is 0 Å². The van der Waals surface area contributed by atoms with E-state index in [-0.39, 0.29) is 5.57 Å². The van der Waals surface area contributed by atoms with Crippen molar-refractivity contribution in [3.05, 3.63) is 105 Å². The largest absolute Gasteiger partial charge is 0.490 e. The Kier molecular flexibility index (Phi) is 8.66. The number of allylic oxidation sites excluding steroid dienone is 1. The maximum atomic E-state index is 13.4. The van der Waals surface area contributed by atoms with Gasteiger partial charge in [0.05, 0.1) is 12.3 Å². The lowest BCUT2D eigenvalue weighted by atomic mass is 10.0. The van der Waals surface area contributed by atoms with Gasteiger partial charge in [0.15, 0.2) is 11.5 Å². The minimum Gasteiger partial charge on any atom is -0.490 e. The number of hydrogen-bond donors (Lipinski definition) is 1. The molecule has 4 rings (SSSR count). The molecule has 0 spiro atoms. The third kappa shape index (κ3) is 6.29. The van der Waals surface area contributed by atoms with Crippen molar-refractivity contribution in [3.63, 3.8) is 0 Å². The third-order valence-corrected chi connectivity index (χ3v) is 7.02. The summed E-state index contributed by atoms with van der Waals surface area (Å²) in [4.78, 5) is 39.8. The molecule has 0 radical (unpaired) electrons. The van der Waals surface area contributed by atoms with Crippen LogP contribution >= 0.6 is 15.9 Å². The van der Waals surface area contributed by atoms with Crippen LogP contribution in [0.4, 0.5) is 10.5 Å². The zero-order valence-electron chi connectivity index (χ0n) is 22.0. The summed E-state index contributed by atoms with van der Waals surface area (Å²) in [6.07, 6.45) is 3.68. The lowest BCUT2D eigenvalue weighted by Gasteiger charge is -2.27. The van der Waals surface area contributed by atoms with Crippen molar-refractivity contribution in [2.24, 2.45) is 0 Å². The second kappa shape index (κ2) is 12.1. The monoisotopic (exact) mass is 588 g/mol. The molecule has 7 nitrogen and oxygen atoms in total. The van der Waals surface area contributed by atoms with Crippen molar-refractivity contribution >= 4 is 45.5 Å². The van der Waals surface area contributed by atoms with Crippen molar-refractivity contribution < 1.29 is 23.9 Å². The zero-order valence-corrected chi connectivity index (χ0v) is 23.6. The highest BCUT2D eigenvalue weighted by Gasteiger charge is 2.37. The van der Waals surface area contributed by atoms with Gasteiger partial charge in [0.1, 0.15) is 12.2 Å². The first kappa shape index (κ1) is 27.9. The van der Waals surface area contributed by atoms with Crippen LogP contribution in [0.5, 0.6) is 11.5 Å². The summed E-state index contributed by atoms with van der Waals surface area (Å²) in [5.41, 5.74) is 4.54. The Morgan fingerprint density at radius 1 is 1.00 bits per heavy atom. The fourth-order valence-electron chi connectivity index (χ4n) is 4.17. The molecule has 0 aliphatic carbocycles. The average Bonchev–Trinajstić information content (AvgIpc) is 2.89. The van der Waals surface area contributed by atoms with Gasteiger partial charge in [-0.25, -0.2) is 9.69 Å². The quantitative estimate of drug-likeness (QED) is 0.177. The summed E-state index contributed by atoms with van der Waals surface area (Å²) in [7, 11) is 0. The van der Waals surface area contributed by atoms with Crippen LogP contribution in [0.15, 0.2) is 77.3 Å². The predicted molar refractivity (Wildman–Crippen MR) is 155 cm³/mol. The molecule has 1 aliphatic rings. The number of carbonyl (C=O) groups is 3. The van der Waals surface area contributed by atoms with Gasteiger partial charge in [0, 0.05) is 10.0 Å². The molecule has 0 saturated carbocycles. The number of amides is 4. The predicted octanol–water partition coefficient (Wildman–Crippen LogP) is 6.44. The van der Waals surface area contributed by atoms with Gasteiger partial charge in [-0.05, 0) is 80.3 Å². The first-order valence-corrected chi connectivity index (χ1v) is 13.3. The van der Waals surface area contributed by atoms with E-state index in [4.69, 9.17) is 9.47 Å². The van der Waals surface area contributed by atoms with Gasteiger partial charge in [-0.3, -0.25) is 14.9 Å². The number of anilines is 1. The summed E-state index contributed by atoms with van der Waals surface area (Å²) in [6, 6.07) is 15.9. The maximum absolute atomic E-state index is 13.4. The van der Waals surface area contributed by atoms with Crippen molar-refractivity contribution in [2.45, 2.75) is 33.8 Å². The maximum Gasteiger partial charge on any atom is 0.335 e. The number of barbiturate groups is 1. The minimum atomic E-state index is -0.800. The fourth-order valence-corrected chi connectivity index (χ4v) is 4.41. The van der Waals surface area contributed by atoms with E-state index in [1.807, 2.05) is 51.1 Å². The molecule has 1 saturated heterocycles. The number of imide groups is 2. The van der Waals surface area contributed by atoms with Crippen molar-refractivity contribution in [3.8, 4) is 11.5 Å². The number of benzene rings is 3. The smallest absolute Gasteiger partial charge is 0.335 e. The van der Waals surface area contributed by atoms with Gasteiger partial charge < -0.3 is 9.47 Å². The van der Waals surface area contributed by atoms with E-state index in [1.54, 1.807) is 30.3 Å². The van der Waals surface area contributed by atoms with Crippen LogP contribution in [0, 0.1) is 13.8 Å². The van der Waals surface area contributed by atoms with Gasteiger partial charge in [-0.15, -0.1) is 6.58 Å². The van der Waals surface area contributed by atoms with Crippen LogP contribution in [0.2, 0.25) is 0 Å². The number of ether oxygens (including phenoxy) is 2. The molecular formula is C31H29BrN2O5. The van der Waals surface area contributed by atoms with Crippen LogP contribution in [0.3, 0.4) is 0 Å². The second-order valence-electron chi connectivity index (χ2n) is 9.10. The molecule has 0 aromatic heterocycles. The number of halogens is 1. The van der Waals surface area contributed by atoms with E-state index in [2.05, 4.69) is 27.8 Å². The van der Waals surface area contributed by atoms with E-state index < -0.39 is 17.8 Å². The summed E-state index contributed by atoms with van der Waals surface area (Å²) in [5, 5.41) is 2.27. The average molecular weight is 589 g/mol. The highest BCUT2D eigenvalue weighted by Crippen LogP contribution is 2.36. The van der Waals surface area contributed by atoms with E-state index in [0.717, 1.165) is 31.6 Å². The van der Waals surface area contributed by atoms with Gasteiger partial charge >= 0.3 is 6.03 Å². The van der Waals surface area contributed by atoms with Gasteiger partial charge in [-0.2, -0.15) is 0 Å². The molecule has 0 bridgehead atoms. The summed E-state index contributed by atoms with van der Waals surface area (Å²) in [6.45, 7) is 10.3. The first-order valence-electron chi connectivity index (χ1n) is 12.5. The Morgan fingerprint density at radius 2 is 1.74 bits per heavy atom. The van der Waals surface area contributed by atoms with Crippen molar-refractivity contribution in [2.75, 3.05) is 11.5 Å². The minimum absolute atomic E-state index is 0.171. The highest BCUT2D eigenvalue weighted by molar-refractivity contribution is 9.10. The number of carbonyl (C=O) groups excluding carboxylic acids is 3. The molecule has 200 valence electrons. The van der Waals surface area contributed by atoms with Gasteiger partial charge in [-0.1, -0.05) is 51.8 Å². The summed E-state index contributed by atoms with van der Waals surface area (Å²) >= 11 is 3.42. The third-order valence-electron chi connectivity index (χ3n) is 6.13. The number of aryl methyl sites for hydroxylation is 2. The number of hydrogen-bond acceptors (Lipinski definition) is 5. The fraction of sp³-hybridized carbons (Fsp3) is 0.194. The number of rotatable bonds is 9. The molecule has 0 atom stereocenters. The van der Waals surface area contributed by atoms with Crippen LogP contribution in [-0.2, 0) is 22.6 Å². The van der Waals surface area contributed by atoms with E-state index in [1.165, 1.54) is 6.08 Å². The molecule has 3 aromatic carbocycles. The normalized spacial score (nSPS) is 14.4. The number of nitrogens with one attached hydrogen (secondary N) is 1. The Labute approximate surface area is 236 Å². The topological polar surface area (TPSA) is 84.9 Å². The molecule has 1 fully saturated rings. The lowest BCUT2D eigenvalue weighted by Crippen LogP contribution is -2.54. The van der Waals surface area contributed by atoms with Crippen molar-refractivity contribution in [1.82, 2.24) is 5.32 Å². The summed E-state index contributed by atoms with van der Waals surface area (Å²) < 4.78 is 12.9. The summed E-state index contributed by atoms with van der Waals surface area (Å²) in [5.74, 6) is -0.427. The van der Waals surface area contributed by atoms with Gasteiger partial charge in [0.2, 0.25) is 0 Å². The number of urea groups is 1. The van der Waals surface area contributed by atoms with Gasteiger partial charge in [0.25, 0.3) is 11.8 Å². The molecular weight excluding hydrogens is 560 g/mol. The lowest BCUT2D eigenvalue weighted by molar-refractivity contribution is -0.122. The molecule has 3 aromatic rings. The molecule has 1 aliphatic heterocycles. The van der Waals surface area contributed by atoms with Crippen LogP contribution in [0.25, 0.3) is 6.08 Å². The second-order valence-corrected chi connectivity index (χ2v) is 9.95.